The maximum atomic E-state index is 14.3. The molecule has 1 amide bonds. The highest BCUT2D eigenvalue weighted by Gasteiger charge is 2.58. The maximum absolute atomic E-state index is 14.3. The van der Waals surface area contributed by atoms with E-state index in [4.69, 9.17) is 0 Å². The first kappa shape index (κ1) is 21.8. The molecular weight excluding hydrogens is 422 g/mol. The number of ketones is 1. The second kappa shape index (κ2) is 8.40. The smallest absolute Gasteiger partial charge is 0.265 e. The Morgan fingerprint density at radius 2 is 1.15 bits per heavy atom. The van der Waals surface area contributed by atoms with E-state index in [9.17, 15) is 14.7 Å². The van der Waals surface area contributed by atoms with E-state index in [1.807, 2.05) is 103 Å². The zero-order chi connectivity index (χ0) is 23.8. The summed E-state index contributed by atoms with van der Waals surface area (Å²) in [6.45, 7) is 1.40. The molecule has 0 saturated heterocycles. The largest absolute Gasteiger partial charge is 0.375 e. The highest BCUT2D eigenvalue weighted by molar-refractivity contribution is 6.11. The fourth-order valence-electron chi connectivity index (χ4n) is 5.22. The van der Waals surface area contributed by atoms with Crippen LogP contribution in [0.15, 0.2) is 115 Å². The average Bonchev–Trinajstić information content (AvgIpc) is 3.08. The minimum absolute atomic E-state index is 0.253. The Morgan fingerprint density at radius 1 is 0.735 bits per heavy atom. The molecule has 4 heteroatoms. The van der Waals surface area contributed by atoms with Crippen molar-refractivity contribution in [3.63, 3.8) is 0 Å². The molecule has 4 aromatic carbocycles. The molecule has 168 valence electrons. The maximum Gasteiger partial charge on any atom is 0.265 e. The van der Waals surface area contributed by atoms with Crippen LogP contribution in [-0.2, 0) is 20.7 Å². The van der Waals surface area contributed by atoms with Crippen LogP contribution in [-0.4, -0.2) is 16.8 Å². The molecule has 1 heterocycles. The van der Waals surface area contributed by atoms with E-state index in [-0.39, 0.29) is 12.2 Å². The average molecular weight is 448 g/mol. The van der Waals surface area contributed by atoms with E-state index >= 15 is 0 Å². The van der Waals surface area contributed by atoms with Gasteiger partial charge in [-0.05, 0) is 29.7 Å². The molecule has 1 aliphatic rings. The number of hydrogen-bond donors (Lipinski definition) is 1. The highest BCUT2D eigenvalue weighted by Crippen LogP contribution is 2.52. The van der Waals surface area contributed by atoms with Gasteiger partial charge >= 0.3 is 0 Å². The first-order valence-corrected chi connectivity index (χ1v) is 11.3. The number of nitrogens with zero attached hydrogens (tertiary/aromatic N) is 1. The van der Waals surface area contributed by atoms with Gasteiger partial charge in [-0.2, -0.15) is 0 Å². The first-order valence-electron chi connectivity index (χ1n) is 11.3. The molecule has 0 radical (unpaired) electrons. The van der Waals surface area contributed by atoms with Gasteiger partial charge in [-0.25, -0.2) is 0 Å². The lowest BCUT2D eigenvalue weighted by molar-refractivity contribution is -0.142. The van der Waals surface area contributed by atoms with Gasteiger partial charge in [-0.3, -0.25) is 14.5 Å². The van der Waals surface area contributed by atoms with Crippen LogP contribution in [0.4, 0.5) is 5.69 Å². The minimum Gasteiger partial charge on any atom is -0.375 e. The van der Waals surface area contributed by atoms with E-state index in [0.717, 1.165) is 16.7 Å². The van der Waals surface area contributed by atoms with Crippen molar-refractivity contribution in [3.05, 3.63) is 138 Å². The number of rotatable bonds is 6. The molecule has 0 spiro atoms. The molecule has 0 fully saturated rings. The van der Waals surface area contributed by atoms with Crippen LogP contribution in [0.1, 0.15) is 35.6 Å². The van der Waals surface area contributed by atoms with Gasteiger partial charge in [0.15, 0.2) is 5.60 Å². The summed E-state index contributed by atoms with van der Waals surface area (Å²) in [6, 6.07) is 36.7. The lowest BCUT2D eigenvalue weighted by Crippen LogP contribution is -2.54. The van der Waals surface area contributed by atoms with Crippen molar-refractivity contribution in [1.82, 2.24) is 0 Å². The molecule has 0 bridgehead atoms. The SMILES string of the molecule is CC(=O)C[C@@]1(O)C(=O)N(C(c2ccccc2)(c2ccccc2)c2ccccc2)c2ccccc21. The molecule has 0 aromatic heterocycles. The Balaban J connectivity index is 1.91. The molecule has 0 unspecified atom stereocenters. The monoisotopic (exact) mass is 447 g/mol. The standard InChI is InChI=1S/C30H25NO3/c1-22(32)21-29(34)26-19-11-12-20-27(26)31(28(29)33)30(23-13-5-2-6-14-23,24-15-7-3-8-16-24)25-17-9-4-10-18-25/h2-20,34H,21H2,1H3/t29-/m0/s1. The van der Waals surface area contributed by atoms with Crippen molar-refractivity contribution in [2.45, 2.75) is 24.5 Å². The summed E-state index contributed by atoms with van der Waals surface area (Å²) in [6.07, 6.45) is -0.284. The van der Waals surface area contributed by atoms with E-state index in [1.54, 1.807) is 17.0 Å². The number of carbonyl (C=O) groups excluding carboxylic acids is 2. The summed E-state index contributed by atoms with van der Waals surface area (Å²) >= 11 is 0. The molecule has 1 N–H and O–H groups in total. The topological polar surface area (TPSA) is 57.6 Å². The van der Waals surface area contributed by atoms with Gasteiger partial charge < -0.3 is 5.11 Å². The van der Waals surface area contributed by atoms with Crippen molar-refractivity contribution >= 4 is 17.4 Å². The van der Waals surface area contributed by atoms with Gasteiger partial charge in [0.05, 0.1) is 5.69 Å². The summed E-state index contributed by atoms with van der Waals surface area (Å²) in [5, 5.41) is 11.7. The molecule has 0 saturated carbocycles. The van der Waals surface area contributed by atoms with Gasteiger partial charge in [-0.1, -0.05) is 109 Å². The lowest BCUT2D eigenvalue weighted by atomic mass is 9.75. The Bertz CT molecular complexity index is 1240. The first-order chi connectivity index (χ1) is 16.5. The number of hydrogen-bond acceptors (Lipinski definition) is 3. The third kappa shape index (κ3) is 3.18. The third-order valence-corrected chi connectivity index (χ3v) is 6.56. The van der Waals surface area contributed by atoms with E-state index in [0.29, 0.717) is 11.3 Å². The molecular formula is C30H25NO3. The molecule has 1 atom stereocenters. The number of benzene rings is 4. The Morgan fingerprint density at radius 3 is 1.59 bits per heavy atom. The molecule has 1 aliphatic heterocycles. The Kier molecular flexibility index (Phi) is 5.39. The predicted octanol–water partition coefficient (Wildman–Crippen LogP) is 5.19. The second-order valence-electron chi connectivity index (χ2n) is 8.71. The summed E-state index contributed by atoms with van der Waals surface area (Å²) in [7, 11) is 0. The fourth-order valence-corrected chi connectivity index (χ4v) is 5.22. The second-order valence-corrected chi connectivity index (χ2v) is 8.71. The summed E-state index contributed by atoms with van der Waals surface area (Å²) in [5.41, 5.74) is 0.660. The number of amides is 1. The van der Waals surface area contributed by atoms with Crippen LogP contribution in [0.2, 0.25) is 0 Å². The molecule has 4 aromatic rings. The van der Waals surface area contributed by atoms with Gasteiger partial charge in [0.1, 0.15) is 11.3 Å². The van der Waals surface area contributed by atoms with Crippen LogP contribution in [0.5, 0.6) is 0 Å². The number of aliphatic hydroxyl groups is 1. The van der Waals surface area contributed by atoms with Crippen LogP contribution in [0.25, 0.3) is 0 Å². The highest BCUT2D eigenvalue weighted by atomic mass is 16.3. The molecule has 5 rings (SSSR count). The predicted molar refractivity (Wildman–Crippen MR) is 132 cm³/mol. The van der Waals surface area contributed by atoms with Crippen LogP contribution in [0, 0.1) is 0 Å². The third-order valence-electron chi connectivity index (χ3n) is 6.56. The Labute approximate surface area is 199 Å². The molecule has 0 aliphatic carbocycles. The lowest BCUT2D eigenvalue weighted by Gasteiger charge is -2.44. The van der Waals surface area contributed by atoms with Crippen molar-refractivity contribution < 1.29 is 14.7 Å². The van der Waals surface area contributed by atoms with E-state index < -0.39 is 17.0 Å². The summed E-state index contributed by atoms with van der Waals surface area (Å²) < 4.78 is 0. The molecule has 34 heavy (non-hydrogen) atoms. The number of Topliss-reactive ketones (excluding diaryl/α,β-unsaturated/α-hetero) is 1. The van der Waals surface area contributed by atoms with E-state index in [2.05, 4.69) is 0 Å². The zero-order valence-corrected chi connectivity index (χ0v) is 18.9. The number of anilines is 1. The van der Waals surface area contributed by atoms with Gasteiger partial charge in [0.25, 0.3) is 5.91 Å². The minimum atomic E-state index is -1.94. The van der Waals surface area contributed by atoms with Gasteiger partial charge in [0, 0.05) is 12.0 Å². The number of fused-ring (bicyclic) bond motifs is 1. The Hall–Kier alpha value is -4.02. The van der Waals surface area contributed by atoms with Crippen LogP contribution >= 0.6 is 0 Å². The van der Waals surface area contributed by atoms with Crippen LogP contribution in [0.3, 0.4) is 0 Å². The summed E-state index contributed by atoms with van der Waals surface area (Å²) in [4.78, 5) is 28.2. The van der Waals surface area contributed by atoms with Crippen LogP contribution < -0.4 is 4.90 Å². The zero-order valence-electron chi connectivity index (χ0n) is 18.9. The number of para-hydroxylation sites is 1. The quantitative estimate of drug-likeness (QED) is 0.414. The van der Waals surface area contributed by atoms with Gasteiger partial charge in [0.2, 0.25) is 0 Å². The number of carbonyl (C=O) groups is 2. The van der Waals surface area contributed by atoms with E-state index in [1.165, 1.54) is 6.92 Å². The fraction of sp³-hybridized carbons (Fsp3) is 0.133. The van der Waals surface area contributed by atoms with Crippen molar-refractivity contribution in [2.24, 2.45) is 0 Å². The van der Waals surface area contributed by atoms with Crippen molar-refractivity contribution in [3.8, 4) is 0 Å². The normalized spacial score (nSPS) is 17.5. The summed E-state index contributed by atoms with van der Waals surface area (Å²) in [5.74, 6) is -0.766. The van der Waals surface area contributed by atoms with Gasteiger partial charge in [-0.15, -0.1) is 0 Å². The van der Waals surface area contributed by atoms with Crippen molar-refractivity contribution in [2.75, 3.05) is 4.90 Å². The van der Waals surface area contributed by atoms with Crippen molar-refractivity contribution in [1.29, 1.82) is 0 Å². The molecule has 4 nitrogen and oxygen atoms in total.